The summed E-state index contributed by atoms with van der Waals surface area (Å²) in [6, 6.07) is 3.62. The molecule has 4 heterocycles. The first kappa shape index (κ1) is 48.5. The van der Waals surface area contributed by atoms with Crippen LogP contribution < -0.4 is 14.8 Å². The largest absolute Gasteiger partial charge is 0.485 e. The van der Waals surface area contributed by atoms with Gasteiger partial charge in [0.1, 0.15) is 23.9 Å². The lowest BCUT2D eigenvalue weighted by Crippen LogP contribution is -2.86. The van der Waals surface area contributed by atoms with Gasteiger partial charge in [-0.3, -0.25) is 4.79 Å². The average molecular weight is 972 g/mol. The van der Waals surface area contributed by atoms with E-state index in [9.17, 15) is 40.5 Å². The lowest BCUT2D eigenvalue weighted by molar-refractivity contribution is -0.424. The van der Waals surface area contributed by atoms with Gasteiger partial charge in [0.15, 0.2) is 16.9 Å². The summed E-state index contributed by atoms with van der Waals surface area (Å²) in [5.74, 6) is -2.55. The molecule has 8 aliphatic rings. The van der Waals surface area contributed by atoms with E-state index in [2.05, 4.69) is 12.2 Å². The molecular weight excluding hydrogens is 899 g/mol. The second kappa shape index (κ2) is 18.5. The summed E-state index contributed by atoms with van der Waals surface area (Å²) in [5.41, 5.74) is -6.05. The van der Waals surface area contributed by atoms with E-state index in [0.717, 1.165) is 77.0 Å². The van der Waals surface area contributed by atoms with Crippen molar-refractivity contribution in [3.05, 3.63) is 36.1 Å². The summed E-state index contributed by atoms with van der Waals surface area (Å²) in [7, 11) is 3.26. The number of rotatable bonds is 5. The standard InChI is InChI=1S/C51H73NO13S2/c1-3-61-38(56)14-11-31-25-32-15-23-62-40(32)42-41(31)64-45-51(60)39-33(10-12-35(54)34(39)27-53)26-49(59,44(51)58)50(65-45)29-66-67-48(21-20-47(28-48)19-18-46(43(47)57)16-4-5-17-46)36(52-22-24-63-42)13-9-30(2)7-6-8-37(50)55/h10,12,15,23,25,30,33-37,39,43-45,52-55,57-60H,3-9,11,13-14,16-22,24,26-29H2,1-2H3/t30-,33-,34+,35-,36+,37+,39-,43-,44-,45+,47+,48+,49-,50+,51+/m0/s1. The number of allylic oxidation sites excluding steroid dienone is 1. The molecule has 0 amide bonds. The minimum Gasteiger partial charge on any atom is -0.485 e. The third kappa shape index (κ3) is 7.83. The number of aliphatic hydroxyl groups is 7. The molecule has 372 valence electrons. The first-order valence-electron chi connectivity index (χ1n) is 25.3. The summed E-state index contributed by atoms with van der Waals surface area (Å²) in [4.78, 5) is 12.9. The van der Waals surface area contributed by atoms with E-state index in [1.54, 1.807) is 35.9 Å². The first-order valence-corrected chi connectivity index (χ1v) is 27.7. The van der Waals surface area contributed by atoms with Crippen molar-refractivity contribution in [2.24, 2.45) is 34.5 Å². The summed E-state index contributed by atoms with van der Waals surface area (Å²) < 4.78 is 32.1. The van der Waals surface area contributed by atoms with Crippen molar-refractivity contribution in [1.29, 1.82) is 0 Å². The zero-order valence-electron chi connectivity index (χ0n) is 39.1. The summed E-state index contributed by atoms with van der Waals surface area (Å²) in [6.07, 6.45) is 10.6. The van der Waals surface area contributed by atoms with Gasteiger partial charge in [0, 0.05) is 53.3 Å². The molecule has 1 aromatic heterocycles. The molecule has 8 N–H and O–H groups in total. The molecule has 1 aromatic carbocycles. The molecule has 15 atom stereocenters. The minimum atomic E-state index is -2.47. The number of aryl methyl sites for hydroxylation is 1. The van der Waals surface area contributed by atoms with E-state index >= 15 is 0 Å². The van der Waals surface area contributed by atoms with Crippen LogP contribution in [0.25, 0.3) is 11.0 Å². The number of hydrogen-bond acceptors (Lipinski definition) is 16. The number of carbonyl (C=O) groups excluding carboxylic acids is 1. The highest BCUT2D eigenvalue weighted by Crippen LogP contribution is 2.69. The number of hydrogen-bond donors (Lipinski definition) is 8. The monoisotopic (exact) mass is 971 g/mol. The predicted octanol–water partition coefficient (Wildman–Crippen LogP) is 5.72. The van der Waals surface area contributed by atoms with Gasteiger partial charge in [-0.2, -0.15) is 0 Å². The number of ether oxygens (including phenoxy) is 4. The molecule has 2 saturated heterocycles. The average Bonchev–Trinajstić information content (AvgIpc) is 4.12. The van der Waals surface area contributed by atoms with E-state index < -0.39 is 71.7 Å². The molecule has 4 saturated carbocycles. The molecule has 5 bridgehead atoms. The zero-order valence-corrected chi connectivity index (χ0v) is 40.7. The molecule has 0 unspecified atom stereocenters. The SMILES string of the molecule is CCOC(=O)CCc1cc2ccoc2c2c1O[C@@H]1O[C@@]3(CSS[C@@]4(CC[C@]5(CCC6(CCCC6)[C@@H]5O)C4)[C@@H](CC[C@@H](C)CCC[C@H]3O)NCCO2)[C@]2(O)C[C@@H]3C=C[C@H](O)[C@@H](CO)[C@H]3[C@@]1(O)[C@H]2O. The van der Waals surface area contributed by atoms with Crippen LogP contribution >= 0.6 is 21.6 Å². The predicted molar refractivity (Wildman–Crippen MR) is 253 cm³/mol. The second-order valence-corrected chi connectivity index (χ2v) is 24.7. The normalized spacial score (nSPS) is 44.1. The number of carbonyl (C=O) groups is 1. The van der Waals surface area contributed by atoms with Crippen LogP contribution in [0.15, 0.2) is 35.0 Å². The molecule has 5 aliphatic carbocycles. The number of esters is 1. The van der Waals surface area contributed by atoms with Crippen LogP contribution in [0, 0.1) is 34.5 Å². The van der Waals surface area contributed by atoms with E-state index in [1.165, 1.54) is 17.1 Å². The first-order chi connectivity index (χ1) is 32.2. The van der Waals surface area contributed by atoms with Gasteiger partial charge in [0.05, 0.1) is 31.2 Å². The molecule has 0 radical (unpaired) electrons. The maximum atomic E-state index is 13.5. The van der Waals surface area contributed by atoms with Crippen LogP contribution in [-0.4, -0.2) is 132 Å². The number of nitrogens with one attached hydrogen (secondary N) is 1. The highest BCUT2D eigenvalue weighted by Gasteiger charge is 2.78. The smallest absolute Gasteiger partial charge is 0.306 e. The van der Waals surface area contributed by atoms with Crippen molar-refractivity contribution in [1.82, 2.24) is 5.32 Å². The summed E-state index contributed by atoms with van der Waals surface area (Å²) in [5, 5.41) is 92.3. The van der Waals surface area contributed by atoms with Gasteiger partial charge in [-0.1, -0.05) is 66.3 Å². The van der Waals surface area contributed by atoms with Crippen LogP contribution in [0.4, 0.5) is 0 Å². The fourth-order valence-corrected chi connectivity index (χ4v) is 18.9. The zero-order chi connectivity index (χ0) is 47.0. The molecule has 14 nitrogen and oxygen atoms in total. The Hall–Kier alpha value is -2.09. The van der Waals surface area contributed by atoms with Gasteiger partial charge in [-0.15, -0.1) is 0 Å². The maximum Gasteiger partial charge on any atom is 0.306 e. The van der Waals surface area contributed by atoms with Crippen molar-refractivity contribution in [2.75, 3.05) is 32.1 Å². The Labute approximate surface area is 401 Å². The lowest BCUT2D eigenvalue weighted by atomic mass is 9.50. The second-order valence-electron chi connectivity index (χ2n) is 22.0. The Morgan fingerprint density at radius 2 is 1.73 bits per heavy atom. The number of benzene rings is 1. The Bertz CT molecular complexity index is 2150. The Balaban J connectivity index is 1.14. The Kier molecular flexibility index (Phi) is 13.4. The summed E-state index contributed by atoms with van der Waals surface area (Å²) in [6.45, 7) is 4.28. The van der Waals surface area contributed by atoms with Gasteiger partial charge in [0.25, 0.3) is 0 Å². The number of aliphatic hydroxyl groups excluding tert-OH is 5. The quantitative estimate of drug-likeness (QED) is 0.102. The van der Waals surface area contributed by atoms with Gasteiger partial charge in [-0.25, -0.2) is 0 Å². The minimum absolute atomic E-state index is 0.00761. The molecular formula is C51H73NO13S2. The van der Waals surface area contributed by atoms with Crippen LogP contribution in [0.2, 0.25) is 0 Å². The fourth-order valence-electron chi connectivity index (χ4n) is 14.9. The van der Waals surface area contributed by atoms with Crippen LogP contribution in [0.3, 0.4) is 0 Å². The maximum absolute atomic E-state index is 13.5. The van der Waals surface area contributed by atoms with E-state index in [0.29, 0.717) is 35.4 Å². The van der Waals surface area contributed by atoms with Crippen molar-refractivity contribution < 1.29 is 63.9 Å². The molecule has 10 rings (SSSR count). The third-order valence-electron chi connectivity index (χ3n) is 18.5. The van der Waals surface area contributed by atoms with Gasteiger partial charge in [-0.05, 0) is 124 Å². The molecule has 2 aromatic rings. The number of fused-ring (bicyclic) bond motifs is 11. The van der Waals surface area contributed by atoms with Crippen LogP contribution in [-0.2, 0) is 20.7 Å². The highest BCUT2D eigenvalue weighted by molar-refractivity contribution is 8.77. The molecule has 6 fully saturated rings. The van der Waals surface area contributed by atoms with Crippen LogP contribution in [0.5, 0.6) is 11.5 Å². The van der Waals surface area contributed by atoms with E-state index in [1.807, 2.05) is 6.07 Å². The number of furan rings is 1. The fraction of sp³-hybridized carbons (Fsp3) is 0.784. The van der Waals surface area contributed by atoms with Gasteiger partial charge >= 0.3 is 5.97 Å². The van der Waals surface area contributed by atoms with Crippen molar-refractivity contribution in [3.63, 3.8) is 0 Å². The van der Waals surface area contributed by atoms with Crippen molar-refractivity contribution in [3.8, 4) is 11.5 Å². The lowest BCUT2D eigenvalue weighted by Gasteiger charge is -2.67. The van der Waals surface area contributed by atoms with E-state index in [4.69, 9.17) is 23.4 Å². The molecule has 3 aliphatic heterocycles. The Morgan fingerprint density at radius 3 is 2.52 bits per heavy atom. The molecule has 16 heteroatoms. The van der Waals surface area contributed by atoms with Crippen molar-refractivity contribution in [2.45, 2.75) is 181 Å². The van der Waals surface area contributed by atoms with Crippen molar-refractivity contribution >= 4 is 38.5 Å². The summed E-state index contributed by atoms with van der Waals surface area (Å²) >= 11 is 0. The van der Waals surface area contributed by atoms with Crippen LogP contribution in [0.1, 0.15) is 122 Å². The molecule has 4 spiro atoms. The third-order valence-corrected chi connectivity index (χ3v) is 21.8. The van der Waals surface area contributed by atoms with Gasteiger partial charge < -0.3 is 64.4 Å². The molecule has 67 heavy (non-hydrogen) atoms. The highest BCUT2D eigenvalue weighted by atomic mass is 33.1. The Morgan fingerprint density at radius 1 is 0.940 bits per heavy atom. The van der Waals surface area contributed by atoms with E-state index in [-0.39, 0.29) is 83.9 Å². The topological polar surface area (TPSA) is 221 Å². The van der Waals surface area contributed by atoms with Gasteiger partial charge in [0.2, 0.25) is 12.0 Å².